The van der Waals surface area contributed by atoms with E-state index in [0.29, 0.717) is 5.02 Å². The molecule has 2 atom stereocenters. The van der Waals surface area contributed by atoms with Gasteiger partial charge in [-0.05, 0) is 29.7 Å². The Balaban J connectivity index is 1.94. The van der Waals surface area contributed by atoms with E-state index in [4.69, 9.17) is 25.8 Å². The normalized spacial score (nSPS) is 12.4. The topological polar surface area (TPSA) is 90.9 Å². The van der Waals surface area contributed by atoms with Crippen molar-refractivity contribution in [1.82, 2.24) is 5.32 Å². The molecule has 8 heteroatoms. The summed E-state index contributed by atoms with van der Waals surface area (Å²) in [6, 6.07) is 16.2. The van der Waals surface area contributed by atoms with E-state index in [9.17, 15) is 14.4 Å². The van der Waals surface area contributed by atoms with Gasteiger partial charge in [0.25, 0.3) is 0 Å². The summed E-state index contributed by atoms with van der Waals surface area (Å²) in [6.07, 6.45) is -1.48. The van der Waals surface area contributed by atoms with E-state index in [1.165, 1.54) is 13.8 Å². The zero-order chi connectivity index (χ0) is 21.9. The van der Waals surface area contributed by atoms with E-state index >= 15 is 0 Å². The summed E-state index contributed by atoms with van der Waals surface area (Å²) in [5.74, 6) is -1.57. The minimum atomic E-state index is -1.01. The highest BCUT2D eigenvalue weighted by Crippen LogP contribution is 2.23. The third-order valence-corrected chi connectivity index (χ3v) is 4.34. The number of esters is 2. The fourth-order valence-electron chi connectivity index (χ4n) is 2.71. The van der Waals surface area contributed by atoms with Crippen molar-refractivity contribution in [2.75, 3.05) is 6.54 Å². The van der Waals surface area contributed by atoms with E-state index in [-0.39, 0.29) is 19.6 Å². The molecule has 0 spiro atoms. The maximum atomic E-state index is 12.7. The van der Waals surface area contributed by atoms with Crippen LogP contribution in [0.15, 0.2) is 54.6 Å². The molecule has 1 N–H and O–H groups in total. The fourth-order valence-corrected chi connectivity index (χ4v) is 2.84. The highest BCUT2D eigenvalue weighted by Gasteiger charge is 2.23. The third-order valence-electron chi connectivity index (χ3n) is 4.09. The van der Waals surface area contributed by atoms with Gasteiger partial charge in [-0.3, -0.25) is 9.59 Å². The van der Waals surface area contributed by atoms with Gasteiger partial charge in [-0.2, -0.15) is 0 Å². The van der Waals surface area contributed by atoms with Crippen molar-refractivity contribution in [3.63, 3.8) is 0 Å². The van der Waals surface area contributed by atoms with Crippen molar-refractivity contribution in [2.24, 2.45) is 0 Å². The first-order valence-corrected chi connectivity index (χ1v) is 9.80. The molecule has 0 saturated heterocycles. The van der Waals surface area contributed by atoms with Crippen molar-refractivity contribution in [3.05, 3.63) is 70.7 Å². The lowest BCUT2D eigenvalue weighted by Gasteiger charge is -2.18. The molecule has 160 valence electrons. The van der Waals surface area contributed by atoms with Gasteiger partial charge in [0.15, 0.2) is 0 Å². The molecule has 2 aromatic carbocycles. The first-order chi connectivity index (χ1) is 14.3. The van der Waals surface area contributed by atoms with Crippen molar-refractivity contribution in [2.45, 2.75) is 39.1 Å². The van der Waals surface area contributed by atoms with Crippen LogP contribution in [0.5, 0.6) is 0 Å². The molecule has 0 bridgehead atoms. The number of ether oxygens (including phenoxy) is 3. The maximum absolute atomic E-state index is 12.7. The van der Waals surface area contributed by atoms with Gasteiger partial charge in [-0.25, -0.2) is 4.79 Å². The first-order valence-electron chi connectivity index (χ1n) is 9.43. The van der Waals surface area contributed by atoms with Gasteiger partial charge in [0.2, 0.25) is 6.29 Å². The number of rotatable bonds is 9. The van der Waals surface area contributed by atoms with Crippen LogP contribution >= 0.6 is 11.6 Å². The van der Waals surface area contributed by atoms with E-state index in [2.05, 4.69) is 5.32 Å². The largest absolute Gasteiger partial charge is 0.460 e. The lowest BCUT2D eigenvalue weighted by molar-refractivity contribution is -0.162. The Morgan fingerprint density at radius 1 is 1.00 bits per heavy atom. The lowest BCUT2D eigenvalue weighted by atomic mass is 9.96. The SMILES string of the molecule is CC(=O)OC(C)OC(=O)NCCC(C(=O)OCc1ccccc1)c1ccc(Cl)cc1. The highest BCUT2D eigenvalue weighted by molar-refractivity contribution is 6.30. The summed E-state index contributed by atoms with van der Waals surface area (Å²) in [6.45, 7) is 2.95. The van der Waals surface area contributed by atoms with Gasteiger partial charge in [0.05, 0.1) is 5.92 Å². The number of hydrogen-bond acceptors (Lipinski definition) is 6. The quantitative estimate of drug-likeness (QED) is 0.471. The van der Waals surface area contributed by atoms with E-state index < -0.39 is 30.2 Å². The summed E-state index contributed by atoms with van der Waals surface area (Å²) in [5.41, 5.74) is 1.60. The van der Waals surface area contributed by atoms with E-state index in [1.54, 1.807) is 24.3 Å². The van der Waals surface area contributed by atoms with Crippen LogP contribution in [0, 0.1) is 0 Å². The molecular weight excluding hydrogens is 410 g/mol. The van der Waals surface area contributed by atoms with Crippen LogP contribution in [-0.2, 0) is 30.4 Å². The average Bonchev–Trinajstić information content (AvgIpc) is 2.70. The van der Waals surface area contributed by atoms with Gasteiger partial charge in [-0.15, -0.1) is 0 Å². The van der Waals surface area contributed by atoms with Crippen LogP contribution in [-0.4, -0.2) is 30.9 Å². The molecule has 7 nitrogen and oxygen atoms in total. The number of alkyl carbamates (subject to hydrolysis) is 1. The van der Waals surface area contributed by atoms with Crippen molar-refractivity contribution < 1.29 is 28.6 Å². The number of carbonyl (C=O) groups excluding carboxylic acids is 3. The molecular formula is C22H24ClNO6. The molecule has 0 aliphatic heterocycles. The monoisotopic (exact) mass is 433 g/mol. The van der Waals surface area contributed by atoms with Gasteiger partial charge in [0.1, 0.15) is 6.61 Å². The molecule has 2 aromatic rings. The molecule has 0 aromatic heterocycles. The third kappa shape index (κ3) is 8.13. The van der Waals surface area contributed by atoms with E-state index in [0.717, 1.165) is 11.1 Å². The Morgan fingerprint density at radius 2 is 1.67 bits per heavy atom. The molecule has 2 unspecified atom stereocenters. The van der Waals surface area contributed by atoms with Crippen molar-refractivity contribution in [1.29, 1.82) is 0 Å². The number of halogens is 1. The first kappa shape index (κ1) is 23.2. The number of carbonyl (C=O) groups is 3. The van der Waals surface area contributed by atoms with Crippen molar-refractivity contribution in [3.8, 4) is 0 Å². The fraction of sp³-hybridized carbons (Fsp3) is 0.318. The molecule has 0 aliphatic carbocycles. The second kappa shape index (κ2) is 11.8. The van der Waals surface area contributed by atoms with Gasteiger partial charge in [-0.1, -0.05) is 54.1 Å². The zero-order valence-corrected chi connectivity index (χ0v) is 17.6. The predicted molar refractivity (Wildman–Crippen MR) is 111 cm³/mol. The second-order valence-electron chi connectivity index (χ2n) is 6.50. The predicted octanol–water partition coefficient (Wildman–Crippen LogP) is 4.19. The number of amides is 1. The molecule has 0 fully saturated rings. The molecule has 0 aliphatic rings. The Kier molecular flexibility index (Phi) is 9.15. The molecule has 2 rings (SSSR count). The minimum Gasteiger partial charge on any atom is -0.460 e. The van der Waals surface area contributed by atoms with E-state index in [1.807, 2.05) is 30.3 Å². The van der Waals surface area contributed by atoms with Crippen LogP contribution in [0.1, 0.15) is 37.3 Å². The highest BCUT2D eigenvalue weighted by atomic mass is 35.5. The summed E-state index contributed by atoms with van der Waals surface area (Å²) in [5, 5.41) is 3.09. The van der Waals surface area contributed by atoms with Crippen LogP contribution < -0.4 is 5.32 Å². The smallest absolute Gasteiger partial charge is 0.410 e. The van der Waals surface area contributed by atoms with Crippen LogP contribution in [0.4, 0.5) is 4.79 Å². The average molecular weight is 434 g/mol. The number of nitrogens with one attached hydrogen (secondary N) is 1. The molecule has 30 heavy (non-hydrogen) atoms. The lowest BCUT2D eigenvalue weighted by Crippen LogP contribution is -2.32. The molecule has 0 saturated carbocycles. The summed E-state index contributed by atoms with van der Waals surface area (Å²) < 4.78 is 15.1. The van der Waals surface area contributed by atoms with Gasteiger partial charge in [0, 0.05) is 25.4 Å². The molecule has 1 amide bonds. The second-order valence-corrected chi connectivity index (χ2v) is 6.93. The van der Waals surface area contributed by atoms with Gasteiger partial charge >= 0.3 is 18.0 Å². The maximum Gasteiger partial charge on any atom is 0.410 e. The Hall–Kier alpha value is -3.06. The molecule has 0 radical (unpaired) electrons. The molecule has 0 heterocycles. The van der Waals surface area contributed by atoms with Crippen LogP contribution in [0.25, 0.3) is 0 Å². The minimum absolute atomic E-state index is 0.152. The zero-order valence-electron chi connectivity index (χ0n) is 16.8. The standard InChI is InChI=1S/C22H24ClNO6/c1-15(25)29-16(2)30-22(27)24-13-12-20(18-8-10-19(23)11-9-18)21(26)28-14-17-6-4-3-5-7-17/h3-11,16,20H,12-14H2,1-2H3,(H,24,27). The number of benzene rings is 2. The summed E-state index contributed by atoms with van der Waals surface area (Å²) >= 11 is 5.94. The van der Waals surface area contributed by atoms with Crippen LogP contribution in [0.3, 0.4) is 0 Å². The Morgan fingerprint density at radius 3 is 2.30 bits per heavy atom. The van der Waals surface area contributed by atoms with Gasteiger partial charge < -0.3 is 19.5 Å². The summed E-state index contributed by atoms with van der Waals surface area (Å²) in [7, 11) is 0. The van der Waals surface area contributed by atoms with Crippen LogP contribution in [0.2, 0.25) is 5.02 Å². The Labute approximate surface area is 180 Å². The Bertz CT molecular complexity index is 840. The number of hydrogen-bond donors (Lipinski definition) is 1. The summed E-state index contributed by atoms with van der Waals surface area (Å²) in [4.78, 5) is 35.4. The van der Waals surface area contributed by atoms with Crippen molar-refractivity contribution >= 4 is 29.6 Å².